The van der Waals surface area contributed by atoms with E-state index >= 15 is 0 Å². The number of anilines is 1. The van der Waals surface area contributed by atoms with Crippen LogP contribution in [0.1, 0.15) is 5.69 Å². The third kappa shape index (κ3) is 2.73. The summed E-state index contributed by atoms with van der Waals surface area (Å²) in [5.41, 5.74) is -1.09. The lowest BCUT2D eigenvalue weighted by Gasteiger charge is -2.27. The Labute approximate surface area is 122 Å². The van der Waals surface area contributed by atoms with Gasteiger partial charge in [-0.2, -0.15) is 23.3 Å². The number of halogens is 4. The van der Waals surface area contributed by atoms with Gasteiger partial charge in [0.05, 0.1) is 12.4 Å². The van der Waals surface area contributed by atoms with E-state index in [2.05, 4.69) is 20.4 Å². The van der Waals surface area contributed by atoms with Crippen LogP contribution in [0, 0.1) is 5.82 Å². The molecule has 6 nitrogen and oxygen atoms in total. The fraction of sp³-hybridized carbons (Fsp3) is 0.417. The molecule has 0 radical (unpaired) electrons. The highest BCUT2D eigenvalue weighted by Crippen LogP contribution is 2.30. The molecule has 118 valence electrons. The van der Waals surface area contributed by atoms with Crippen molar-refractivity contribution < 1.29 is 17.6 Å². The lowest BCUT2D eigenvalue weighted by Crippen LogP contribution is -2.44. The fourth-order valence-electron chi connectivity index (χ4n) is 2.20. The first-order valence-electron chi connectivity index (χ1n) is 6.56. The summed E-state index contributed by atoms with van der Waals surface area (Å²) in [6.45, 7) is 2.59. The van der Waals surface area contributed by atoms with Crippen molar-refractivity contribution in [1.29, 1.82) is 0 Å². The summed E-state index contributed by atoms with van der Waals surface area (Å²) >= 11 is 0. The van der Waals surface area contributed by atoms with Crippen molar-refractivity contribution in [2.24, 2.45) is 0 Å². The van der Waals surface area contributed by atoms with Gasteiger partial charge in [-0.05, 0) is 6.07 Å². The first kappa shape index (κ1) is 14.7. The minimum absolute atomic E-state index is 0.182. The number of hydrogen-bond donors (Lipinski definition) is 1. The molecule has 3 rings (SSSR count). The third-order valence-corrected chi connectivity index (χ3v) is 3.25. The molecule has 1 fully saturated rings. The van der Waals surface area contributed by atoms with E-state index in [1.807, 2.05) is 0 Å². The molecule has 2 aromatic rings. The van der Waals surface area contributed by atoms with Crippen LogP contribution in [0.15, 0.2) is 18.5 Å². The minimum Gasteiger partial charge on any atom is -0.338 e. The van der Waals surface area contributed by atoms with Gasteiger partial charge in [-0.25, -0.2) is 14.1 Å². The van der Waals surface area contributed by atoms with Gasteiger partial charge in [-0.3, -0.25) is 0 Å². The number of piperazine rings is 1. The molecule has 10 heteroatoms. The standard InChI is InChI=1S/C12H12F4N6/c13-8-7-18-11(21-5-3-17-4-6-21)20-10(8)22-9(1-2-19-22)12(14,15)16/h1-2,7,17H,3-6H2. The van der Waals surface area contributed by atoms with Crippen LogP contribution in [0.25, 0.3) is 5.82 Å². The summed E-state index contributed by atoms with van der Waals surface area (Å²) in [4.78, 5) is 9.55. The first-order chi connectivity index (χ1) is 10.5. The maximum Gasteiger partial charge on any atom is 0.433 e. The molecule has 2 aromatic heterocycles. The molecular weight excluding hydrogens is 304 g/mol. The van der Waals surface area contributed by atoms with Gasteiger partial charge in [-0.1, -0.05) is 0 Å². The van der Waals surface area contributed by atoms with Crippen molar-refractivity contribution in [3.63, 3.8) is 0 Å². The lowest BCUT2D eigenvalue weighted by atomic mass is 10.4. The van der Waals surface area contributed by atoms with Gasteiger partial charge >= 0.3 is 6.18 Å². The molecule has 0 bridgehead atoms. The normalized spacial score (nSPS) is 16.1. The largest absolute Gasteiger partial charge is 0.433 e. The number of nitrogens with one attached hydrogen (secondary N) is 1. The van der Waals surface area contributed by atoms with Gasteiger partial charge in [0, 0.05) is 26.2 Å². The number of hydrogen-bond acceptors (Lipinski definition) is 5. The summed E-state index contributed by atoms with van der Waals surface area (Å²) in [7, 11) is 0. The van der Waals surface area contributed by atoms with Crippen LogP contribution in [0.2, 0.25) is 0 Å². The molecule has 0 amide bonds. The highest BCUT2D eigenvalue weighted by molar-refractivity contribution is 5.37. The zero-order chi connectivity index (χ0) is 15.7. The van der Waals surface area contributed by atoms with Crippen molar-refractivity contribution >= 4 is 5.95 Å². The van der Waals surface area contributed by atoms with E-state index in [1.165, 1.54) is 0 Å². The van der Waals surface area contributed by atoms with Gasteiger partial charge in [-0.15, -0.1) is 0 Å². The van der Waals surface area contributed by atoms with E-state index in [1.54, 1.807) is 4.90 Å². The van der Waals surface area contributed by atoms with E-state index < -0.39 is 23.5 Å². The lowest BCUT2D eigenvalue weighted by molar-refractivity contribution is -0.142. The summed E-state index contributed by atoms with van der Waals surface area (Å²) < 4.78 is 53.1. The van der Waals surface area contributed by atoms with Gasteiger partial charge in [0.15, 0.2) is 11.6 Å². The van der Waals surface area contributed by atoms with Crippen molar-refractivity contribution in [1.82, 2.24) is 25.1 Å². The molecular formula is C12H12F4N6. The summed E-state index contributed by atoms with van der Waals surface area (Å²) in [6, 6.07) is 0.770. The van der Waals surface area contributed by atoms with Gasteiger partial charge in [0.2, 0.25) is 5.95 Å². The Bertz CT molecular complexity index is 662. The molecule has 1 N–H and O–H groups in total. The van der Waals surface area contributed by atoms with Crippen LogP contribution in [0.4, 0.5) is 23.5 Å². The fourth-order valence-corrected chi connectivity index (χ4v) is 2.20. The summed E-state index contributed by atoms with van der Waals surface area (Å²) in [5.74, 6) is -1.30. The molecule has 0 aromatic carbocycles. The van der Waals surface area contributed by atoms with Crippen molar-refractivity contribution in [2.45, 2.75) is 6.18 Å². The Morgan fingerprint density at radius 2 is 1.91 bits per heavy atom. The van der Waals surface area contributed by atoms with Crippen LogP contribution in [0.5, 0.6) is 0 Å². The second-order valence-electron chi connectivity index (χ2n) is 4.70. The molecule has 1 aliphatic rings. The molecule has 22 heavy (non-hydrogen) atoms. The average molecular weight is 316 g/mol. The smallest absolute Gasteiger partial charge is 0.338 e. The number of alkyl halides is 3. The van der Waals surface area contributed by atoms with Gasteiger partial charge in [0.1, 0.15) is 5.69 Å². The van der Waals surface area contributed by atoms with Crippen LogP contribution < -0.4 is 10.2 Å². The zero-order valence-corrected chi connectivity index (χ0v) is 11.3. The SMILES string of the molecule is Fc1cnc(N2CCNCC2)nc1-n1nccc1C(F)(F)F. The average Bonchev–Trinajstić information content (AvgIpc) is 2.98. The highest BCUT2D eigenvalue weighted by atomic mass is 19.4. The zero-order valence-electron chi connectivity index (χ0n) is 11.3. The number of nitrogens with zero attached hydrogens (tertiary/aromatic N) is 5. The van der Waals surface area contributed by atoms with Gasteiger partial charge in [0.25, 0.3) is 0 Å². The quantitative estimate of drug-likeness (QED) is 0.845. The third-order valence-electron chi connectivity index (χ3n) is 3.25. The second-order valence-corrected chi connectivity index (χ2v) is 4.70. The van der Waals surface area contributed by atoms with Crippen LogP contribution in [-0.4, -0.2) is 45.9 Å². The summed E-state index contributed by atoms with van der Waals surface area (Å²) in [6.07, 6.45) is -2.83. The molecule has 0 aliphatic carbocycles. The van der Waals surface area contributed by atoms with Crippen molar-refractivity contribution in [3.05, 3.63) is 30.0 Å². The van der Waals surface area contributed by atoms with Crippen LogP contribution >= 0.6 is 0 Å². The molecule has 0 unspecified atom stereocenters. The van der Waals surface area contributed by atoms with Crippen molar-refractivity contribution in [3.8, 4) is 5.82 Å². The van der Waals surface area contributed by atoms with E-state index in [0.29, 0.717) is 30.9 Å². The Morgan fingerprint density at radius 1 is 1.18 bits per heavy atom. The monoisotopic (exact) mass is 316 g/mol. The number of aromatic nitrogens is 4. The Morgan fingerprint density at radius 3 is 2.59 bits per heavy atom. The molecule has 0 spiro atoms. The summed E-state index contributed by atoms with van der Waals surface area (Å²) in [5, 5.41) is 6.66. The first-order valence-corrected chi connectivity index (χ1v) is 6.56. The van der Waals surface area contributed by atoms with E-state index in [4.69, 9.17) is 0 Å². The van der Waals surface area contributed by atoms with Crippen LogP contribution in [-0.2, 0) is 6.18 Å². The predicted octanol–water partition coefficient (Wildman–Crippen LogP) is 1.23. The van der Waals surface area contributed by atoms with Crippen molar-refractivity contribution in [2.75, 3.05) is 31.1 Å². The van der Waals surface area contributed by atoms with E-state index in [0.717, 1.165) is 18.5 Å². The van der Waals surface area contributed by atoms with E-state index in [-0.39, 0.29) is 5.95 Å². The highest BCUT2D eigenvalue weighted by Gasteiger charge is 2.36. The molecule has 0 saturated carbocycles. The Kier molecular flexibility index (Phi) is 3.69. The van der Waals surface area contributed by atoms with Crippen LogP contribution in [0.3, 0.4) is 0 Å². The molecule has 1 aliphatic heterocycles. The van der Waals surface area contributed by atoms with E-state index in [9.17, 15) is 17.6 Å². The Hall–Kier alpha value is -2.23. The topological polar surface area (TPSA) is 58.9 Å². The second kappa shape index (κ2) is 5.52. The maximum absolute atomic E-state index is 13.9. The molecule has 3 heterocycles. The Balaban J connectivity index is 2.02. The maximum atomic E-state index is 13.9. The minimum atomic E-state index is -4.65. The number of rotatable bonds is 2. The van der Waals surface area contributed by atoms with Gasteiger partial charge < -0.3 is 10.2 Å². The molecule has 1 saturated heterocycles. The predicted molar refractivity (Wildman–Crippen MR) is 69.2 cm³/mol. The molecule has 0 atom stereocenters.